The van der Waals surface area contributed by atoms with E-state index in [2.05, 4.69) is 10.4 Å². The quantitative estimate of drug-likeness (QED) is 0.863. The SMILES string of the molecule is CNC1CCCN(C(=O)c2cn(C3CCS(=O)(=O)C3)nc2C(C)C)C1. The number of carbonyl (C=O) groups excluding carboxylic acids is 1. The summed E-state index contributed by atoms with van der Waals surface area (Å²) < 4.78 is 25.2. The van der Waals surface area contributed by atoms with Crippen LogP contribution in [0.1, 0.15) is 61.1 Å². The molecule has 3 rings (SSSR count). The predicted molar refractivity (Wildman–Crippen MR) is 96.6 cm³/mol. The van der Waals surface area contributed by atoms with Crippen molar-refractivity contribution >= 4 is 15.7 Å². The van der Waals surface area contributed by atoms with E-state index in [0.717, 1.165) is 25.1 Å². The highest BCUT2D eigenvalue weighted by atomic mass is 32.2. The number of carbonyl (C=O) groups is 1. The zero-order valence-electron chi connectivity index (χ0n) is 15.2. The molecule has 7 nitrogen and oxygen atoms in total. The molecule has 2 saturated heterocycles. The van der Waals surface area contributed by atoms with Gasteiger partial charge in [-0.2, -0.15) is 5.10 Å². The minimum Gasteiger partial charge on any atom is -0.337 e. The molecule has 1 N–H and O–H groups in total. The van der Waals surface area contributed by atoms with E-state index in [1.54, 1.807) is 10.9 Å². The first-order valence-corrected chi connectivity index (χ1v) is 10.9. The lowest BCUT2D eigenvalue weighted by Gasteiger charge is -2.32. The monoisotopic (exact) mass is 368 g/mol. The Bertz CT molecular complexity index is 741. The minimum atomic E-state index is -2.98. The number of hydrogen-bond acceptors (Lipinski definition) is 5. The molecule has 3 heterocycles. The van der Waals surface area contributed by atoms with Gasteiger partial charge in [-0.15, -0.1) is 0 Å². The average molecular weight is 369 g/mol. The van der Waals surface area contributed by atoms with E-state index >= 15 is 0 Å². The molecule has 0 aromatic carbocycles. The largest absolute Gasteiger partial charge is 0.337 e. The summed E-state index contributed by atoms with van der Waals surface area (Å²) in [6.45, 7) is 5.50. The summed E-state index contributed by atoms with van der Waals surface area (Å²) in [5.74, 6) is 0.443. The van der Waals surface area contributed by atoms with Gasteiger partial charge in [-0.1, -0.05) is 13.8 Å². The fourth-order valence-electron chi connectivity index (χ4n) is 3.74. The summed E-state index contributed by atoms with van der Waals surface area (Å²) in [6.07, 6.45) is 4.41. The maximum Gasteiger partial charge on any atom is 0.257 e. The number of likely N-dealkylation sites (tertiary alicyclic amines) is 1. The van der Waals surface area contributed by atoms with Gasteiger partial charge in [0.15, 0.2) is 9.84 Å². The number of nitrogens with zero attached hydrogens (tertiary/aromatic N) is 3. The van der Waals surface area contributed by atoms with Gasteiger partial charge in [0.25, 0.3) is 5.91 Å². The van der Waals surface area contributed by atoms with Gasteiger partial charge in [0.1, 0.15) is 0 Å². The summed E-state index contributed by atoms with van der Waals surface area (Å²) in [4.78, 5) is 15.0. The maximum atomic E-state index is 13.1. The third-order valence-electron chi connectivity index (χ3n) is 5.24. The predicted octanol–water partition coefficient (Wildman–Crippen LogP) is 1.19. The van der Waals surface area contributed by atoms with E-state index in [1.165, 1.54) is 0 Å². The molecule has 1 aromatic rings. The van der Waals surface area contributed by atoms with Crippen molar-refractivity contribution in [3.8, 4) is 0 Å². The van der Waals surface area contributed by atoms with Gasteiger partial charge in [-0.3, -0.25) is 9.48 Å². The second-order valence-corrected chi connectivity index (χ2v) is 9.73. The van der Waals surface area contributed by atoms with E-state index in [9.17, 15) is 13.2 Å². The van der Waals surface area contributed by atoms with Crippen molar-refractivity contribution in [1.82, 2.24) is 20.0 Å². The molecule has 2 aliphatic rings. The number of nitrogens with one attached hydrogen (secondary N) is 1. The van der Waals surface area contributed by atoms with Crippen LogP contribution in [-0.2, 0) is 9.84 Å². The van der Waals surface area contributed by atoms with Crippen molar-refractivity contribution in [2.45, 2.75) is 51.1 Å². The topological polar surface area (TPSA) is 84.3 Å². The molecule has 140 valence electrons. The smallest absolute Gasteiger partial charge is 0.257 e. The zero-order chi connectivity index (χ0) is 18.2. The Morgan fingerprint density at radius 1 is 1.36 bits per heavy atom. The van der Waals surface area contributed by atoms with E-state index in [4.69, 9.17) is 0 Å². The first-order valence-electron chi connectivity index (χ1n) is 9.06. The summed E-state index contributed by atoms with van der Waals surface area (Å²) >= 11 is 0. The third-order valence-corrected chi connectivity index (χ3v) is 6.99. The fraction of sp³-hybridized carbons (Fsp3) is 0.765. The number of sulfone groups is 1. The summed E-state index contributed by atoms with van der Waals surface area (Å²) in [6, 6.07) is 0.172. The lowest BCUT2D eigenvalue weighted by molar-refractivity contribution is 0.0696. The molecular weight excluding hydrogens is 340 g/mol. The number of hydrogen-bond donors (Lipinski definition) is 1. The van der Waals surface area contributed by atoms with Crippen molar-refractivity contribution in [2.24, 2.45) is 0 Å². The molecule has 8 heteroatoms. The Balaban J connectivity index is 1.86. The molecule has 0 aliphatic carbocycles. The van der Waals surface area contributed by atoms with Crippen LogP contribution < -0.4 is 5.32 Å². The lowest BCUT2D eigenvalue weighted by Crippen LogP contribution is -2.47. The van der Waals surface area contributed by atoms with Crippen LogP contribution >= 0.6 is 0 Å². The molecule has 0 radical (unpaired) electrons. The highest BCUT2D eigenvalue weighted by Crippen LogP contribution is 2.27. The zero-order valence-corrected chi connectivity index (χ0v) is 16.1. The molecule has 0 bridgehead atoms. The van der Waals surface area contributed by atoms with Crippen LogP contribution in [0.5, 0.6) is 0 Å². The van der Waals surface area contributed by atoms with Crippen molar-refractivity contribution in [3.63, 3.8) is 0 Å². The van der Waals surface area contributed by atoms with Gasteiger partial charge >= 0.3 is 0 Å². The van der Waals surface area contributed by atoms with Crippen molar-refractivity contribution in [2.75, 3.05) is 31.6 Å². The number of aromatic nitrogens is 2. The summed E-state index contributed by atoms with van der Waals surface area (Å²) in [7, 11) is -1.06. The van der Waals surface area contributed by atoms with Crippen LogP contribution in [0, 0.1) is 0 Å². The van der Waals surface area contributed by atoms with Crippen LogP contribution in [0.2, 0.25) is 0 Å². The lowest BCUT2D eigenvalue weighted by atomic mass is 10.0. The minimum absolute atomic E-state index is 0.00996. The highest BCUT2D eigenvalue weighted by Gasteiger charge is 2.33. The van der Waals surface area contributed by atoms with Gasteiger partial charge in [0.2, 0.25) is 0 Å². The first kappa shape index (κ1) is 18.4. The number of amides is 1. The standard InChI is InChI=1S/C17H28N4O3S/c1-12(2)16-15(17(22)20-7-4-5-13(9-20)18-3)10-21(19-16)14-6-8-25(23,24)11-14/h10,12-14,18H,4-9,11H2,1-3H3. The van der Waals surface area contributed by atoms with Gasteiger partial charge in [0.05, 0.1) is 28.8 Å². The fourth-order valence-corrected chi connectivity index (χ4v) is 5.44. The van der Waals surface area contributed by atoms with Gasteiger partial charge in [-0.25, -0.2) is 8.42 Å². The van der Waals surface area contributed by atoms with Crippen molar-refractivity contribution in [3.05, 3.63) is 17.5 Å². The summed E-state index contributed by atoms with van der Waals surface area (Å²) in [5.41, 5.74) is 1.39. The van der Waals surface area contributed by atoms with Gasteiger partial charge in [-0.05, 0) is 32.2 Å². The van der Waals surface area contributed by atoms with Crippen LogP contribution in [0.3, 0.4) is 0 Å². The molecular formula is C17H28N4O3S. The second kappa shape index (κ2) is 7.07. The van der Waals surface area contributed by atoms with Crippen LogP contribution in [0.25, 0.3) is 0 Å². The van der Waals surface area contributed by atoms with Gasteiger partial charge in [0, 0.05) is 25.3 Å². The van der Waals surface area contributed by atoms with Crippen molar-refractivity contribution < 1.29 is 13.2 Å². The summed E-state index contributed by atoms with van der Waals surface area (Å²) in [5, 5.41) is 7.86. The molecule has 2 unspecified atom stereocenters. The van der Waals surface area contributed by atoms with Gasteiger partial charge < -0.3 is 10.2 Å². The van der Waals surface area contributed by atoms with Crippen molar-refractivity contribution in [1.29, 1.82) is 0 Å². The van der Waals surface area contributed by atoms with Crippen LogP contribution in [-0.4, -0.2) is 66.7 Å². The maximum absolute atomic E-state index is 13.1. The second-order valence-electron chi connectivity index (χ2n) is 7.50. The third kappa shape index (κ3) is 3.89. The first-order chi connectivity index (χ1) is 11.8. The number of rotatable bonds is 4. The van der Waals surface area contributed by atoms with E-state index in [1.807, 2.05) is 25.8 Å². The Hall–Kier alpha value is -1.41. The van der Waals surface area contributed by atoms with E-state index in [-0.39, 0.29) is 29.4 Å². The Morgan fingerprint density at radius 2 is 2.12 bits per heavy atom. The van der Waals surface area contributed by atoms with Crippen LogP contribution in [0.15, 0.2) is 6.20 Å². The van der Waals surface area contributed by atoms with Crippen LogP contribution in [0.4, 0.5) is 0 Å². The molecule has 2 fully saturated rings. The normalized spacial score (nSPS) is 26.3. The molecule has 0 saturated carbocycles. The average Bonchev–Trinajstić information content (AvgIpc) is 3.17. The molecule has 2 atom stereocenters. The number of likely N-dealkylation sites (N-methyl/N-ethyl adjacent to an activating group) is 1. The molecule has 0 spiro atoms. The molecule has 1 aromatic heterocycles. The highest BCUT2D eigenvalue weighted by molar-refractivity contribution is 7.91. The Labute approximate surface area is 149 Å². The van der Waals surface area contributed by atoms with E-state index in [0.29, 0.717) is 24.6 Å². The molecule has 25 heavy (non-hydrogen) atoms. The van der Waals surface area contributed by atoms with E-state index < -0.39 is 9.84 Å². The Morgan fingerprint density at radius 3 is 2.72 bits per heavy atom. The number of piperidine rings is 1. The molecule has 1 amide bonds. The molecule has 2 aliphatic heterocycles. The Kier molecular flexibility index (Phi) is 5.20.